The summed E-state index contributed by atoms with van der Waals surface area (Å²) >= 11 is 0. The van der Waals surface area contributed by atoms with Gasteiger partial charge in [-0.05, 0) is 13.8 Å². The highest BCUT2D eigenvalue weighted by atomic mass is 16.4. The largest absolute Gasteiger partial charge is 0.479 e. The van der Waals surface area contributed by atoms with Crippen LogP contribution in [-0.4, -0.2) is 62.6 Å². The van der Waals surface area contributed by atoms with E-state index in [1.807, 2.05) is 0 Å². The van der Waals surface area contributed by atoms with Crippen LogP contribution in [0.4, 0.5) is 0 Å². The molecule has 0 fully saturated rings. The second-order valence-corrected chi connectivity index (χ2v) is 2.38. The maximum atomic E-state index is 9.45. The third-order valence-electron chi connectivity index (χ3n) is 0.789. The highest BCUT2D eigenvalue weighted by Gasteiger charge is 2.01. The van der Waals surface area contributed by atoms with Crippen molar-refractivity contribution in [3.63, 3.8) is 0 Å². The number of aliphatic carboxylic acids is 2. The molecule has 96 valence electrons. The van der Waals surface area contributed by atoms with Gasteiger partial charge in [-0.1, -0.05) is 0 Å². The van der Waals surface area contributed by atoms with E-state index in [1.54, 1.807) is 0 Å². The molecule has 2 unspecified atom stereocenters. The third-order valence-corrected chi connectivity index (χ3v) is 0.789. The van der Waals surface area contributed by atoms with Crippen LogP contribution in [0.2, 0.25) is 0 Å². The van der Waals surface area contributed by atoms with Gasteiger partial charge in [0, 0.05) is 0 Å². The Labute approximate surface area is 91.8 Å². The van der Waals surface area contributed by atoms with Crippen molar-refractivity contribution in [2.75, 3.05) is 6.61 Å². The van der Waals surface area contributed by atoms with Gasteiger partial charge in [0.1, 0.15) is 18.5 Å². The SMILES string of the molecule is CC(O)C(=O)O.CC(O)C(=O)O.O=CCO. The van der Waals surface area contributed by atoms with Gasteiger partial charge in [0.15, 0.2) is 0 Å². The van der Waals surface area contributed by atoms with Gasteiger partial charge in [-0.25, -0.2) is 9.59 Å². The van der Waals surface area contributed by atoms with Crippen LogP contribution in [0.5, 0.6) is 0 Å². The minimum atomic E-state index is -1.23. The number of hydrogen-bond donors (Lipinski definition) is 5. The highest BCUT2D eigenvalue weighted by Crippen LogP contribution is 1.73. The Morgan fingerprint density at radius 1 is 1.06 bits per heavy atom. The van der Waals surface area contributed by atoms with Crippen LogP contribution in [0.25, 0.3) is 0 Å². The van der Waals surface area contributed by atoms with Gasteiger partial charge in [0.05, 0.1) is 6.61 Å². The maximum absolute atomic E-state index is 9.45. The molecule has 0 aliphatic rings. The fourth-order valence-electron chi connectivity index (χ4n) is 0. The lowest BCUT2D eigenvalue weighted by Crippen LogP contribution is -2.13. The first kappa shape index (κ1) is 20.0. The summed E-state index contributed by atoms with van der Waals surface area (Å²) in [4.78, 5) is 27.8. The molecular formula is C8H16O8. The second-order valence-electron chi connectivity index (χ2n) is 2.38. The smallest absolute Gasteiger partial charge is 0.332 e. The molecule has 0 aromatic rings. The zero-order valence-electron chi connectivity index (χ0n) is 8.90. The Bertz CT molecular complexity index is 180. The minimum absolute atomic E-state index is 0.361. The monoisotopic (exact) mass is 240 g/mol. The summed E-state index contributed by atoms with van der Waals surface area (Å²) in [5.74, 6) is -2.37. The Morgan fingerprint density at radius 2 is 1.19 bits per heavy atom. The molecule has 0 rings (SSSR count). The molecular weight excluding hydrogens is 224 g/mol. The van der Waals surface area contributed by atoms with E-state index < -0.39 is 24.1 Å². The van der Waals surface area contributed by atoms with E-state index in [4.69, 9.17) is 30.3 Å². The summed E-state index contributed by atoms with van der Waals surface area (Å²) in [5, 5.41) is 39.0. The van der Waals surface area contributed by atoms with E-state index in [9.17, 15) is 9.59 Å². The molecule has 0 saturated heterocycles. The molecule has 0 amide bonds. The summed E-state index contributed by atoms with van der Waals surface area (Å²) in [5.41, 5.74) is 0. The van der Waals surface area contributed by atoms with Crippen molar-refractivity contribution < 1.29 is 39.9 Å². The second kappa shape index (κ2) is 13.5. The van der Waals surface area contributed by atoms with E-state index >= 15 is 0 Å². The molecule has 5 N–H and O–H groups in total. The van der Waals surface area contributed by atoms with Gasteiger partial charge in [0.25, 0.3) is 0 Å². The first-order chi connectivity index (χ1) is 7.20. The van der Waals surface area contributed by atoms with E-state index in [-0.39, 0.29) is 6.61 Å². The Hall–Kier alpha value is -1.51. The van der Waals surface area contributed by atoms with Gasteiger partial charge in [0.2, 0.25) is 0 Å². The summed E-state index contributed by atoms with van der Waals surface area (Å²) in [7, 11) is 0. The van der Waals surface area contributed by atoms with E-state index in [0.717, 1.165) is 0 Å². The van der Waals surface area contributed by atoms with Crippen LogP contribution in [-0.2, 0) is 14.4 Å². The average Bonchev–Trinajstić information content (AvgIpc) is 2.18. The fraction of sp³-hybridized carbons (Fsp3) is 0.625. The predicted molar refractivity (Wildman–Crippen MR) is 51.8 cm³/mol. The number of aliphatic hydroxyl groups excluding tert-OH is 3. The first-order valence-corrected chi connectivity index (χ1v) is 4.06. The van der Waals surface area contributed by atoms with Crippen LogP contribution in [0.3, 0.4) is 0 Å². The molecule has 2 atom stereocenters. The van der Waals surface area contributed by atoms with E-state index in [1.165, 1.54) is 13.8 Å². The Kier molecular flexibility index (Phi) is 16.8. The molecule has 0 aromatic carbocycles. The lowest BCUT2D eigenvalue weighted by Gasteiger charge is -1.89. The van der Waals surface area contributed by atoms with E-state index in [2.05, 4.69) is 0 Å². The van der Waals surface area contributed by atoms with Gasteiger partial charge >= 0.3 is 11.9 Å². The Balaban J connectivity index is -0.000000162. The summed E-state index contributed by atoms with van der Waals surface area (Å²) < 4.78 is 0. The van der Waals surface area contributed by atoms with Gasteiger partial charge < -0.3 is 30.3 Å². The standard InChI is InChI=1S/2C3H6O3.C2H4O2/c2*1-2(4)3(5)6;3-1-2-4/h2*2,4H,1H3,(H,5,6);1,4H,2H2. The summed E-state index contributed by atoms with van der Waals surface area (Å²) in [6.45, 7) is 2.03. The molecule has 0 aliphatic heterocycles. The molecule has 0 saturated carbocycles. The number of carbonyl (C=O) groups is 3. The topological polar surface area (TPSA) is 152 Å². The van der Waals surface area contributed by atoms with E-state index in [0.29, 0.717) is 6.29 Å². The van der Waals surface area contributed by atoms with Crippen LogP contribution in [0.1, 0.15) is 13.8 Å². The number of aldehydes is 1. The Morgan fingerprint density at radius 3 is 1.19 bits per heavy atom. The number of carbonyl (C=O) groups excluding carboxylic acids is 1. The fourth-order valence-corrected chi connectivity index (χ4v) is 0. The van der Waals surface area contributed by atoms with Crippen molar-refractivity contribution in [2.24, 2.45) is 0 Å². The lowest BCUT2D eigenvalue weighted by atomic mass is 10.4. The van der Waals surface area contributed by atoms with Gasteiger partial charge in [-0.3, -0.25) is 0 Å². The number of carboxylic acid groups (broad SMARTS) is 2. The molecule has 0 heterocycles. The maximum Gasteiger partial charge on any atom is 0.332 e. The zero-order chi connectivity index (χ0) is 13.7. The molecule has 0 bridgehead atoms. The lowest BCUT2D eigenvalue weighted by molar-refractivity contribution is -0.146. The van der Waals surface area contributed by atoms with Crippen molar-refractivity contribution in [1.29, 1.82) is 0 Å². The molecule has 8 heteroatoms. The summed E-state index contributed by atoms with van der Waals surface area (Å²) in [6.07, 6.45) is -2.03. The predicted octanol–water partition coefficient (Wildman–Crippen LogP) is -1.92. The normalized spacial score (nSPS) is 11.8. The molecule has 0 aromatic heterocycles. The van der Waals surface area contributed by atoms with Crippen molar-refractivity contribution in [3.8, 4) is 0 Å². The van der Waals surface area contributed by atoms with Gasteiger partial charge in [-0.15, -0.1) is 0 Å². The number of carboxylic acids is 2. The number of aliphatic hydroxyl groups is 3. The zero-order valence-corrected chi connectivity index (χ0v) is 8.90. The molecule has 8 nitrogen and oxygen atoms in total. The quantitative estimate of drug-likeness (QED) is 0.358. The van der Waals surface area contributed by atoms with Crippen LogP contribution >= 0.6 is 0 Å². The van der Waals surface area contributed by atoms with Crippen LogP contribution in [0, 0.1) is 0 Å². The minimum Gasteiger partial charge on any atom is -0.479 e. The van der Waals surface area contributed by atoms with Crippen molar-refractivity contribution >= 4 is 18.2 Å². The number of hydrogen-bond acceptors (Lipinski definition) is 6. The number of rotatable bonds is 3. The van der Waals surface area contributed by atoms with Crippen molar-refractivity contribution in [1.82, 2.24) is 0 Å². The van der Waals surface area contributed by atoms with Crippen molar-refractivity contribution in [2.45, 2.75) is 26.1 Å². The van der Waals surface area contributed by atoms with Crippen LogP contribution in [0.15, 0.2) is 0 Å². The highest BCUT2D eigenvalue weighted by molar-refractivity contribution is 5.71. The average molecular weight is 240 g/mol. The first-order valence-electron chi connectivity index (χ1n) is 4.06. The molecule has 0 radical (unpaired) electrons. The molecule has 0 aliphatic carbocycles. The third kappa shape index (κ3) is 29.4. The van der Waals surface area contributed by atoms with Crippen LogP contribution < -0.4 is 0 Å². The molecule has 0 spiro atoms. The van der Waals surface area contributed by atoms with Crippen molar-refractivity contribution in [3.05, 3.63) is 0 Å². The summed E-state index contributed by atoms with van der Waals surface area (Å²) in [6, 6.07) is 0. The molecule has 16 heavy (non-hydrogen) atoms. The van der Waals surface area contributed by atoms with Gasteiger partial charge in [-0.2, -0.15) is 0 Å².